The van der Waals surface area contributed by atoms with E-state index in [4.69, 9.17) is 41.2 Å². The summed E-state index contributed by atoms with van der Waals surface area (Å²) in [4.78, 5) is 14.7. The number of rotatable bonds is 5. The zero-order chi connectivity index (χ0) is 14.0. The number of nitrogens with two attached hydrogens (primary N) is 1. The highest BCUT2D eigenvalue weighted by Crippen LogP contribution is 2.30. The van der Waals surface area contributed by atoms with Crippen molar-refractivity contribution in [1.29, 1.82) is 0 Å². The third-order valence-corrected chi connectivity index (χ3v) is 3.76. The second kappa shape index (κ2) is 6.07. The highest BCUT2D eigenvalue weighted by molar-refractivity contribution is 7.80. The van der Waals surface area contributed by atoms with Crippen LogP contribution >= 0.6 is 35.4 Å². The van der Waals surface area contributed by atoms with Crippen molar-refractivity contribution >= 4 is 46.3 Å². The number of carbonyl (C=O) groups is 1. The van der Waals surface area contributed by atoms with Gasteiger partial charge in [-0.2, -0.15) is 0 Å². The first kappa shape index (κ1) is 14.6. The second-order valence-electron chi connectivity index (χ2n) is 4.57. The summed E-state index contributed by atoms with van der Waals surface area (Å²) in [5, 5.41) is 0.890. The number of amides is 1. The Hall–Kier alpha value is -0.840. The van der Waals surface area contributed by atoms with Crippen LogP contribution in [0.5, 0.6) is 0 Å². The predicted octanol–water partition coefficient (Wildman–Crippen LogP) is 3.27. The van der Waals surface area contributed by atoms with Crippen LogP contribution in [-0.4, -0.2) is 28.4 Å². The van der Waals surface area contributed by atoms with Gasteiger partial charge in [0.05, 0.1) is 15.6 Å². The normalized spacial score (nSPS) is 14.2. The summed E-state index contributed by atoms with van der Waals surface area (Å²) in [6, 6.07) is 5.19. The summed E-state index contributed by atoms with van der Waals surface area (Å²) < 4.78 is 0. The van der Waals surface area contributed by atoms with Crippen LogP contribution in [0.15, 0.2) is 18.2 Å². The Balaban J connectivity index is 2.16. The standard InChI is InChI=1S/C13H14Cl2N2OS/c14-8-1-4-10(11(15)7-8)13(18)17(9-2-3-9)6-5-12(16)19/h1,4,7,9H,2-3,5-6H2,(H2,16,19). The van der Waals surface area contributed by atoms with Crippen molar-refractivity contribution < 1.29 is 4.79 Å². The molecule has 1 fully saturated rings. The van der Waals surface area contributed by atoms with Gasteiger partial charge in [-0.25, -0.2) is 0 Å². The highest BCUT2D eigenvalue weighted by atomic mass is 35.5. The second-order valence-corrected chi connectivity index (χ2v) is 5.94. The molecule has 0 atom stereocenters. The van der Waals surface area contributed by atoms with Gasteiger partial charge in [0.15, 0.2) is 0 Å². The molecule has 1 aromatic rings. The van der Waals surface area contributed by atoms with E-state index in [1.54, 1.807) is 23.1 Å². The minimum absolute atomic E-state index is 0.0829. The van der Waals surface area contributed by atoms with Gasteiger partial charge in [0.1, 0.15) is 0 Å². The molecule has 3 nitrogen and oxygen atoms in total. The number of carbonyl (C=O) groups excluding carboxylic acids is 1. The SMILES string of the molecule is NC(=S)CCN(C(=O)c1ccc(Cl)cc1Cl)C1CC1. The van der Waals surface area contributed by atoms with E-state index >= 15 is 0 Å². The quantitative estimate of drug-likeness (QED) is 0.848. The van der Waals surface area contributed by atoms with E-state index in [9.17, 15) is 4.79 Å². The van der Waals surface area contributed by atoms with Crippen LogP contribution in [-0.2, 0) is 0 Å². The Kier molecular flexibility index (Phi) is 4.66. The van der Waals surface area contributed by atoms with Gasteiger partial charge in [-0.3, -0.25) is 4.79 Å². The van der Waals surface area contributed by atoms with Crippen LogP contribution in [0.3, 0.4) is 0 Å². The van der Waals surface area contributed by atoms with E-state index in [2.05, 4.69) is 0 Å². The van der Waals surface area contributed by atoms with Crippen molar-refractivity contribution in [1.82, 2.24) is 4.90 Å². The first-order valence-electron chi connectivity index (χ1n) is 6.03. The molecule has 1 amide bonds. The lowest BCUT2D eigenvalue weighted by molar-refractivity contribution is 0.0748. The molecule has 1 aliphatic rings. The zero-order valence-electron chi connectivity index (χ0n) is 10.2. The highest BCUT2D eigenvalue weighted by Gasteiger charge is 2.33. The van der Waals surface area contributed by atoms with Crippen molar-refractivity contribution in [2.24, 2.45) is 5.73 Å². The molecule has 19 heavy (non-hydrogen) atoms. The van der Waals surface area contributed by atoms with Crippen molar-refractivity contribution in [3.05, 3.63) is 33.8 Å². The molecule has 6 heteroatoms. The average molecular weight is 317 g/mol. The van der Waals surface area contributed by atoms with Gasteiger partial charge in [0, 0.05) is 24.0 Å². The van der Waals surface area contributed by atoms with Crippen molar-refractivity contribution in [3.63, 3.8) is 0 Å². The number of nitrogens with zero attached hydrogens (tertiary/aromatic N) is 1. The lowest BCUT2D eigenvalue weighted by Gasteiger charge is -2.22. The Morgan fingerprint density at radius 1 is 1.42 bits per heavy atom. The molecular formula is C13H14Cl2N2OS. The van der Waals surface area contributed by atoms with Crippen molar-refractivity contribution in [3.8, 4) is 0 Å². The number of benzene rings is 1. The summed E-state index contributed by atoms with van der Waals surface area (Å²) in [5.74, 6) is -0.0829. The van der Waals surface area contributed by atoms with Crippen LogP contribution in [0.2, 0.25) is 10.0 Å². The predicted molar refractivity (Wildman–Crippen MR) is 81.9 cm³/mol. The molecule has 0 unspecified atom stereocenters. The molecule has 2 rings (SSSR count). The third kappa shape index (κ3) is 3.81. The first-order valence-corrected chi connectivity index (χ1v) is 7.20. The van der Waals surface area contributed by atoms with Gasteiger partial charge in [0.2, 0.25) is 0 Å². The van der Waals surface area contributed by atoms with Gasteiger partial charge in [-0.1, -0.05) is 35.4 Å². The fraction of sp³-hybridized carbons (Fsp3) is 0.385. The van der Waals surface area contributed by atoms with E-state index < -0.39 is 0 Å². The van der Waals surface area contributed by atoms with E-state index in [1.807, 2.05) is 0 Å². The summed E-state index contributed by atoms with van der Waals surface area (Å²) >= 11 is 16.8. The summed E-state index contributed by atoms with van der Waals surface area (Å²) in [6.45, 7) is 0.539. The van der Waals surface area contributed by atoms with Crippen LogP contribution in [0.25, 0.3) is 0 Å². The smallest absolute Gasteiger partial charge is 0.255 e. The summed E-state index contributed by atoms with van der Waals surface area (Å²) in [7, 11) is 0. The zero-order valence-corrected chi connectivity index (χ0v) is 12.6. The maximum absolute atomic E-state index is 12.5. The summed E-state index contributed by atoms with van der Waals surface area (Å²) in [6.07, 6.45) is 2.57. The number of halogens is 2. The maximum Gasteiger partial charge on any atom is 0.255 e. The Labute approximate surface area is 127 Å². The van der Waals surface area contributed by atoms with E-state index in [1.165, 1.54) is 0 Å². The van der Waals surface area contributed by atoms with Gasteiger partial charge in [-0.05, 0) is 31.0 Å². The molecule has 0 saturated heterocycles. The van der Waals surface area contributed by atoms with Crippen LogP contribution in [0.1, 0.15) is 29.6 Å². The molecule has 1 aromatic carbocycles. The van der Waals surface area contributed by atoms with Crippen LogP contribution < -0.4 is 5.73 Å². The van der Waals surface area contributed by atoms with E-state index in [0.29, 0.717) is 33.6 Å². The topological polar surface area (TPSA) is 46.3 Å². The number of hydrogen-bond acceptors (Lipinski definition) is 2. The first-order chi connectivity index (χ1) is 8.99. The largest absolute Gasteiger partial charge is 0.393 e. The minimum atomic E-state index is -0.0829. The Morgan fingerprint density at radius 2 is 2.11 bits per heavy atom. The van der Waals surface area contributed by atoms with Gasteiger partial charge < -0.3 is 10.6 Å². The number of thiocarbonyl (C=S) groups is 1. The van der Waals surface area contributed by atoms with Gasteiger partial charge in [0.25, 0.3) is 5.91 Å². The van der Waals surface area contributed by atoms with Crippen LogP contribution in [0.4, 0.5) is 0 Å². The summed E-state index contributed by atoms with van der Waals surface area (Å²) in [5.41, 5.74) is 5.97. The monoisotopic (exact) mass is 316 g/mol. The van der Waals surface area contributed by atoms with Gasteiger partial charge >= 0.3 is 0 Å². The molecule has 102 valence electrons. The van der Waals surface area contributed by atoms with Gasteiger partial charge in [-0.15, -0.1) is 0 Å². The third-order valence-electron chi connectivity index (χ3n) is 3.01. The van der Waals surface area contributed by atoms with Crippen molar-refractivity contribution in [2.45, 2.75) is 25.3 Å². The maximum atomic E-state index is 12.5. The van der Waals surface area contributed by atoms with E-state index in [0.717, 1.165) is 12.8 Å². The molecule has 0 radical (unpaired) electrons. The molecule has 2 N–H and O–H groups in total. The molecule has 0 aromatic heterocycles. The van der Waals surface area contributed by atoms with E-state index in [-0.39, 0.29) is 11.9 Å². The fourth-order valence-electron chi connectivity index (χ4n) is 1.88. The lowest BCUT2D eigenvalue weighted by Crippen LogP contribution is -2.35. The Morgan fingerprint density at radius 3 is 2.63 bits per heavy atom. The number of hydrogen-bond donors (Lipinski definition) is 1. The molecule has 1 saturated carbocycles. The molecule has 0 aliphatic heterocycles. The lowest BCUT2D eigenvalue weighted by atomic mass is 10.2. The average Bonchev–Trinajstić information content (AvgIpc) is 3.13. The molecule has 0 heterocycles. The molecule has 1 aliphatic carbocycles. The fourth-order valence-corrected chi connectivity index (χ4v) is 2.47. The molecule has 0 bridgehead atoms. The van der Waals surface area contributed by atoms with Crippen LogP contribution in [0, 0.1) is 0 Å². The van der Waals surface area contributed by atoms with Crippen molar-refractivity contribution in [2.75, 3.05) is 6.54 Å². The Bertz CT molecular complexity index is 517. The molecular weight excluding hydrogens is 303 g/mol. The minimum Gasteiger partial charge on any atom is -0.393 e. The molecule has 0 spiro atoms.